The Morgan fingerprint density at radius 2 is 1.29 bits per heavy atom. The fraction of sp³-hybridized carbons (Fsp3) is 0.389. The van der Waals surface area contributed by atoms with Gasteiger partial charge >= 0.3 is 0 Å². The first-order valence-electron chi connectivity index (χ1n) is 16.5. The van der Waals surface area contributed by atoms with E-state index in [1.54, 1.807) is 67.7 Å². The van der Waals surface area contributed by atoms with Crippen LogP contribution in [0.2, 0.25) is 0 Å². The summed E-state index contributed by atoms with van der Waals surface area (Å²) in [7, 11) is -6.93. The molecule has 13 heteroatoms. The van der Waals surface area contributed by atoms with Gasteiger partial charge in [0.2, 0.25) is 16.9 Å². The summed E-state index contributed by atoms with van der Waals surface area (Å²) in [6, 6.07) is 20.3. The van der Waals surface area contributed by atoms with Crippen LogP contribution in [-0.2, 0) is 36.3 Å². The minimum atomic E-state index is -4.34. The highest BCUT2D eigenvalue weighted by Crippen LogP contribution is 2.29. The topological polar surface area (TPSA) is 159 Å². The number of fused-ring (bicyclic) bond motifs is 2. The Hall–Kier alpha value is -4.20. The molecule has 0 aliphatic carbocycles. The van der Waals surface area contributed by atoms with Gasteiger partial charge in [0, 0.05) is 51.4 Å². The van der Waals surface area contributed by atoms with E-state index >= 15 is 0 Å². The number of aromatic nitrogens is 1. The zero-order valence-corrected chi connectivity index (χ0v) is 29.6. The van der Waals surface area contributed by atoms with Crippen molar-refractivity contribution >= 4 is 59.5 Å². The maximum atomic E-state index is 14.6. The maximum Gasteiger partial charge on any atom is 0.269 e. The van der Waals surface area contributed by atoms with E-state index in [-0.39, 0.29) is 54.5 Å². The molecule has 2 amide bonds. The molecule has 0 aliphatic heterocycles. The van der Waals surface area contributed by atoms with E-state index in [1.165, 1.54) is 12.1 Å². The lowest BCUT2D eigenvalue weighted by Gasteiger charge is -2.24. The van der Waals surface area contributed by atoms with Crippen LogP contribution in [-0.4, -0.2) is 62.6 Å². The third-order valence-corrected chi connectivity index (χ3v) is 11.1. The second-order valence-electron chi connectivity index (χ2n) is 12.1. The van der Waals surface area contributed by atoms with Gasteiger partial charge in [-0.2, -0.15) is 13.0 Å². The number of unbranched alkanes of at least 4 members (excludes halogenated alkanes) is 3. The van der Waals surface area contributed by atoms with Crippen molar-refractivity contribution in [2.24, 2.45) is 0 Å². The van der Waals surface area contributed by atoms with Crippen molar-refractivity contribution < 1.29 is 40.3 Å². The summed E-state index contributed by atoms with van der Waals surface area (Å²) in [5, 5.41) is 3.55. The zero-order valence-electron chi connectivity index (χ0n) is 27.9. The van der Waals surface area contributed by atoms with Crippen LogP contribution in [0.3, 0.4) is 0 Å². The first kappa shape index (κ1) is 37.6. The normalized spacial score (nSPS) is 11.9. The monoisotopic (exact) mass is 710 g/mol. The van der Waals surface area contributed by atoms with Crippen LogP contribution < -0.4 is 9.88 Å². The van der Waals surface area contributed by atoms with Gasteiger partial charge in [0.1, 0.15) is 5.78 Å². The van der Waals surface area contributed by atoms with Gasteiger partial charge in [-0.05, 0) is 50.5 Å². The molecule has 2 N–H and O–H groups in total. The molecule has 0 atom stereocenters. The number of sulfonamides is 1. The number of Topliss-reactive ketones (excluding diaryl/α,β-unsaturated/α-hetero) is 1. The number of nitrogens with one attached hydrogen (secondary N) is 1. The Morgan fingerprint density at radius 1 is 0.735 bits per heavy atom. The summed E-state index contributed by atoms with van der Waals surface area (Å²) >= 11 is 0. The summed E-state index contributed by atoms with van der Waals surface area (Å²) in [5.74, 6) is -1.21. The molecule has 1 aromatic heterocycles. The average molecular weight is 711 g/mol. The maximum absolute atomic E-state index is 14.6. The molecule has 1 heterocycles. The molecule has 0 saturated carbocycles. The lowest BCUT2D eigenvalue weighted by Crippen LogP contribution is -2.40. The van der Waals surface area contributed by atoms with Crippen molar-refractivity contribution in [1.29, 1.82) is 0 Å². The van der Waals surface area contributed by atoms with Crippen molar-refractivity contribution in [3.05, 3.63) is 83.9 Å². The number of pyridine rings is 1. The second-order valence-corrected chi connectivity index (χ2v) is 15.6. The van der Waals surface area contributed by atoms with E-state index < -0.39 is 31.8 Å². The Morgan fingerprint density at radius 3 is 1.86 bits per heavy atom. The smallest absolute Gasteiger partial charge is 0.269 e. The van der Waals surface area contributed by atoms with Crippen molar-refractivity contribution in [3.63, 3.8) is 0 Å². The molecule has 0 spiro atoms. The molecule has 49 heavy (non-hydrogen) atoms. The van der Waals surface area contributed by atoms with Gasteiger partial charge < -0.3 is 5.32 Å². The summed E-state index contributed by atoms with van der Waals surface area (Å²) in [5.41, 5.74) is 2.22. The molecule has 11 nitrogen and oxygen atoms in total. The highest BCUT2D eigenvalue weighted by molar-refractivity contribution is 7.89. The molecule has 0 unspecified atom stereocenters. The van der Waals surface area contributed by atoms with E-state index in [0.717, 1.165) is 29.1 Å². The molecule has 0 aliphatic rings. The number of aryl methyl sites for hydroxylation is 2. The summed E-state index contributed by atoms with van der Waals surface area (Å²) < 4.78 is 63.3. The molecule has 262 valence electrons. The molecule has 0 radical (unpaired) electrons. The molecule has 4 aromatic rings. The Labute approximate surface area is 288 Å². The van der Waals surface area contributed by atoms with Gasteiger partial charge in [-0.3, -0.25) is 18.9 Å². The van der Waals surface area contributed by atoms with Crippen LogP contribution in [0.5, 0.6) is 0 Å². The van der Waals surface area contributed by atoms with Gasteiger partial charge in [0.25, 0.3) is 26.0 Å². The lowest BCUT2D eigenvalue weighted by atomic mass is 10.0. The van der Waals surface area contributed by atoms with E-state index in [1.807, 2.05) is 11.5 Å². The highest BCUT2D eigenvalue weighted by atomic mass is 32.2. The number of carbonyl (C=O) groups excluding carboxylic acids is 3. The standard InChI is InChI=1S/C36H43N3O8S2/c1-27-20-22-29(23-21-27)49(46,47)39(25-11-14-28(40)13-5-3-4-6-19-34(41)37-2)36(42)35-30-15-7-9-17-32(30)38(24-12-26-48(43,44)45)33-18-10-8-16-31(33)35/h7-10,15-18,20-23H,3-6,11-14,19,24-26H2,1-2H3,(H-,37,41,43,44,45)/p+1. The number of nitrogens with zero attached hydrogens (tertiary/aromatic N) is 2. The highest BCUT2D eigenvalue weighted by Gasteiger charge is 2.34. The van der Waals surface area contributed by atoms with Crippen molar-refractivity contribution in [3.8, 4) is 0 Å². The minimum absolute atomic E-state index is 0.0119. The van der Waals surface area contributed by atoms with Crippen molar-refractivity contribution in [1.82, 2.24) is 9.62 Å². The first-order chi connectivity index (χ1) is 23.3. The molecule has 0 bridgehead atoms. The third-order valence-electron chi connectivity index (χ3n) is 8.47. The van der Waals surface area contributed by atoms with Gasteiger partial charge in [-0.1, -0.05) is 54.8 Å². The number of para-hydroxylation sites is 2. The number of rotatable bonds is 18. The van der Waals surface area contributed by atoms with Gasteiger partial charge in [-0.25, -0.2) is 12.7 Å². The molecular formula is C36H44N3O8S2+. The van der Waals surface area contributed by atoms with Gasteiger partial charge in [0.05, 0.1) is 27.0 Å². The molecule has 4 rings (SSSR count). The van der Waals surface area contributed by atoms with Gasteiger partial charge in [-0.15, -0.1) is 0 Å². The summed E-state index contributed by atoms with van der Waals surface area (Å²) in [6.07, 6.45) is 4.20. The Balaban J connectivity index is 1.65. The summed E-state index contributed by atoms with van der Waals surface area (Å²) in [6.45, 7) is 1.84. The number of carbonyl (C=O) groups is 3. The first-order valence-corrected chi connectivity index (χ1v) is 19.5. The average Bonchev–Trinajstić information content (AvgIpc) is 3.07. The fourth-order valence-corrected chi connectivity index (χ4v) is 7.82. The molecule has 3 aromatic carbocycles. The fourth-order valence-electron chi connectivity index (χ4n) is 5.92. The largest absolute Gasteiger partial charge is 0.359 e. The predicted octanol–water partition coefficient (Wildman–Crippen LogP) is 5.13. The Kier molecular flexibility index (Phi) is 13.0. The van der Waals surface area contributed by atoms with E-state index in [4.69, 9.17) is 0 Å². The zero-order chi connectivity index (χ0) is 35.6. The summed E-state index contributed by atoms with van der Waals surface area (Å²) in [4.78, 5) is 38.8. The number of hydrogen-bond donors (Lipinski definition) is 2. The molecular weight excluding hydrogens is 667 g/mol. The van der Waals surface area contributed by atoms with E-state index in [0.29, 0.717) is 41.1 Å². The number of hydrogen-bond acceptors (Lipinski definition) is 7. The van der Waals surface area contributed by atoms with Crippen LogP contribution in [0.4, 0.5) is 0 Å². The van der Waals surface area contributed by atoms with Crippen LogP contribution in [0.15, 0.2) is 77.7 Å². The number of amides is 2. The minimum Gasteiger partial charge on any atom is -0.359 e. The second kappa shape index (κ2) is 17.0. The third kappa shape index (κ3) is 9.93. The van der Waals surface area contributed by atoms with Gasteiger partial charge in [0.15, 0.2) is 6.54 Å². The number of ketones is 1. The SMILES string of the molecule is CNC(=O)CCCCCCC(=O)CCCN(C(=O)c1c2ccccc2[n+](CCCS(=O)(=O)O)c2ccccc12)S(=O)(=O)c1ccc(C)cc1. The van der Waals surface area contributed by atoms with Crippen molar-refractivity contribution in [2.45, 2.75) is 76.2 Å². The van der Waals surface area contributed by atoms with Crippen LogP contribution in [0.1, 0.15) is 73.7 Å². The lowest BCUT2D eigenvalue weighted by molar-refractivity contribution is -0.645. The molecule has 0 fully saturated rings. The van der Waals surface area contributed by atoms with E-state index in [9.17, 15) is 35.8 Å². The van der Waals surface area contributed by atoms with Crippen LogP contribution >= 0.6 is 0 Å². The van der Waals surface area contributed by atoms with Crippen LogP contribution in [0, 0.1) is 6.92 Å². The molecule has 0 saturated heterocycles. The Bertz CT molecular complexity index is 1970. The quantitative estimate of drug-likeness (QED) is 0.0622. The van der Waals surface area contributed by atoms with Crippen LogP contribution in [0.25, 0.3) is 21.8 Å². The number of benzene rings is 3. The predicted molar refractivity (Wildman–Crippen MR) is 188 cm³/mol. The van der Waals surface area contributed by atoms with E-state index in [2.05, 4.69) is 5.32 Å². The van der Waals surface area contributed by atoms with Crippen molar-refractivity contribution in [2.75, 3.05) is 19.3 Å².